The Morgan fingerprint density at radius 3 is 2.13 bits per heavy atom. The number of aromatic nitrogens is 1. The second-order valence-corrected chi connectivity index (χ2v) is 8.50. The summed E-state index contributed by atoms with van der Waals surface area (Å²) in [5, 5.41) is 2.82. The first-order valence-corrected chi connectivity index (χ1v) is 10.8. The lowest BCUT2D eigenvalue weighted by Gasteiger charge is -2.44. The van der Waals surface area contributed by atoms with E-state index in [1.54, 1.807) is 4.57 Å². The minimum atomic E-state index is -0.667. The number of nitrogens with one attached hydrogen (secondary N) is 1. The molecule has 1 aromatic heterocycles. The summed E-state index contributed by atoms with van der Waals surface area (Å²) in [6, 6.07) is 22.9. The molecule has 1 saturated heterocycles. The van der Waals surface area contributed by atoms with E-state index in [0.717, 1.165) is 31.8 Å². The monoisotopic (exact) mass is 481 g/mol. The Bertz CT molecular complexity index is 1250. The molecule has 1 fully saturated rings. The summed E-state index contributed by atoms with van der Waals surface area (Å²) in [5.41, 5.74) is 5.59. The van der Waals surface area contributed by atoms with Crippen LogP contribution in [0, 0.1) is 0 Å². The molecule has 0 radical (unpaired) electrons. The fourth-order valence-corrected chi connectivity index (χ4v) is 4.94. The van der Waals surface area contributed by atoms with Gasteiger partial charge in [0.15, 0.2) is 0 Å². The van der Waals surface area contributed by atoms with Crippen molar-refractivity contribution < 1.29 is 9.59 Å². The van der Waals surface area contributed by atoms with Crippen LogP contribution in [0.2, 0.25) is 0 Å². The molecule has 4 aromatic rings. The summed E-state index contributed by atoms with van der Waals surface area (Å²) in [4.78, 5) is 25.6. The molecule has 3 aromatic carbocycles. The minimum absolute atomic E-state index is 0.0288. The number of para-hydroxylation sites is 2. The average Bonchev–Trinajstić information content (AvgIpc) is 3.11. The first-order chi connectivity index (χ1) is 14.6. The summed E-state index contributed by atoms with van der Waals surface area (Å²) in [6.07, 6.45) is 0. The summed E-state index contributed by atoms with van der Waals surface area (Å²) >= 11 is 9.81. The maximum Gasteiger partial charge on any atom is 0.257 e. The van der Waals surface area contributed by atoms with E-state index < -0.39 is 5.38 Å². The van der Waals surface area contributed by atoms with Crippen molar-refractivity contribution in [1.82, 2.24) is 15.0 Å². The molecule has 2 unspecified atom stereocenters. The van der Waals surface area contributed by atoms with E-state index >= 15 is 0 Å². The molecule has 1 aliphatic heterocycles. The van der Waals surface area contributed by atoms with Crippen molar-refractivity contribution in [3.8, 4) is 0 Å². The van der Waals surface area contributed by atoms with Crippen molar-refractivity contribution in [3.05, 3.63) is 82.8 Å². The molecule has 0 bridgehead atoms. The third kappa shape index (κ3) is 2.95. The molecule has 2 atom stereocenters. The number of hydrogen-bond donors (Lipinski definition) is 1. The van der Waals surface area contributed by atoms with Gasteiger partial charge in [-0.1, -0.05) is 70.5 Å². The van der Waals surface area contributed by atoms with Crippen molar-refractivity contribution in [2.24, 2.45) is 0 Å². The lowest BCUT2D eigenvalue weighted by atomic mass is 9.95. The highest BCUT2D eigenvalue weighted by Crippen LogP contribution is 2.40. The molecular weight excluding hydrogens is 466 g/mol. The van der Waals surface area contributed by atoms with E-state index in [4.69, 9.17) is 11.6 Å². The maximum atomic E-state index is 13.2. The number of halogens is 2. The van der Waals surface area contributed by atoms with Crippen LogP contribution in [0.15, 0.2) is 77.3 Å². The molecule has 150 valence electrons. The Labute approximate surface area is 186 Å². The fourth-order valence-electron chi connectivity index (χ4n) is 4.06. The van der Waals surface area contributed by atoms with Gasteiger partial charge >= 0.3 is 0 Å². The summed E-state index contributed by atoms with van der Waals surface area (Å²) in [7, 11) is 0. The smallest absolute Gasteiger partial charge is 0.257 e. The van der Waals surface area contributed by atoms with Gasteiger partial charge in [0.1, 0.15) is 5.38 Å². The zero-order chi connectivity index (χ0) is 20.8. The number of amides is 1. The van der Waals surface area contributed by atoms with E-state index in [1.807, 2.05) is 72.8 Å². The highest BCUT2D eigenvalue weighted by molar-refractivity contribution is 9.10. The third-order valence-corrected chi connectivity index (χ3v) is 6.63. The molecule has 2 heterocycles. The van der Waals surface area contributed by atoms with Gasteiger partial charge in [-0.15, -0.1) is 11.6 Å². The summed E-state index contributed by atoms with van der Waals surface area (Å²) in [6.45, 7) is -0.0288. The molecule has 5 nitrogen and oxygen atoms in total. The molecular formula is C23H17BrClN3O2. The van der Waals surface area contributed by atoms with Crippen LogP contribution in [0.3, 0.4) is 0 Å². The first-order valence-electron chi connectivity index (χ1n) is 9.54. The van der Waals surface area contributed by atoms with E-state index in [1.165, 1.54) is 5.01 Å². The summed E-state index contributed by atoms with van der Waals surface area (Å²) in [5.74, 6) is -0.392. The lowest BCUT2D eigenvalue weighted by molar-refractivity contribution is -0.150. The Morgan fingerprint density at radius 1 is 0.933 bits per heavy atom. The largest absolute Gasteiger partial charge is 0.279 e. The average molecular weight is 483 g/mol. The lowest BCUT2D eigenvalue weighted by Crippen LogP contribution is -2.62. The van der Waals surface area contributed by atoms with Gasteiger partial charge in [0, 0.05) is 15.2 Å². The molecule has 7 heteroatoms. The normalized spacial score (nSPS) is 18.7. The van der Waals surface area contributed by atoms with Crippen LogP contribution < -0.4 is 5.43 Å². The van der Waals surface area contributed by atoms with E-state index in [9.17, 15) is 9.59 Å². The van der Waals surface area contributed by atoms with Crippen LogP contribution in [0.1, 0.15) is 16.4 Å². The molecule has 1 aliphatic rings. The number of fused-ring (bicyclic) bond motifs is 3. The Kier molecular flexibility index (Phi) is 4.85. The van der Waals surface area contributed by atoms with Crippen molar-refractivity contribution in [2.45, 2.75) is 11.4 Å². The standard InChI is InChI=1S/C23H17BrClN3O2/c24-17-10-4-1-9-16(17)22-21(25)23(30)28(22)26-13-20(29)27-18-11-5-2-7-14(18)15-8-3-6-12-19(15)27/h1-12,21-22,26H,13H2. The van der Waals surface area contributed by atoms with Gasteiger partial charge in [-0.2, -0.15) is 0 Å². The van der Waals surface area contributed by atoms with E-state index in [2.05, 4.69) is 21.4 Å². The van der Waals surface area contributed by atoms with Gasteiger partial charge in [0.05, 0.1) is 23.6 Å². The number of benzene rings is 3. The van der Waals surface area contributed by atoms with Crippen LogP contribution in [0.5, 0.6) is 0 Å². The van der Waals surface area contributed by atoms with Gasteiger partial charge < -0.3 is 0 Å². The van der Waals surface area contributed by atoms with Crippen LogP contribution in [-0.4, -0.2) is 33.3 Å². The molecule has 0 aliphatic carbocycles. The quantitative estimate of drug-likeness (QED) is 0.333. The van der Waals surface area contributed by atoms with Crippen molar-refractivity contribution in [1.29, 1.82) is 0 Å². The minimum Gasteiger partial charge on any atom is -0.279 e. The van der Waals surface area contributed by atoms with E-state index in [-0.39, 0.29) is 24.4 Å². The number of hydrogen-bond acceptors (Lipinski definition) is 3. The predicted octanol–water partition coefficient (Wildman–Crippen LogP) is 4.89. The first kappa shape index (κ1) is 19.3. The zero-order valence-corrected chi connectivity index (χ0v) is 18.1. The third-order valence-electron chi connectivity index (χ3n) is 5.48. The van der Waals surface area contributed by atoms with Crippen molar-refractivity contribution >= 4 is 61.2 Å². The number of nitrogens with zero attached hydrogens (tertiary/aromatic N) is 2. The SMILES string of the molecule is O=C1C(Cl)C(c2ccccc2Br)N1NCC(=O)n1c2ccccc2c2ccccc21. The number of carbonyl (C=O) groups excluding carboxylic acids is 2. The van der Waals surface area contributed by atoms with Crippen molar-refractivity contribution in [2.75, 3.05) is 6.54 Å². The Hall–Kier alpha value is -2.67. The number of hydrazine groups is 1. The zero-order valence-electron chi connectivity index (χ0n) is 15.8. The van der Waals surface area contributed by atoms with Crippen molar-refractivity contribution in [3.63, 3.8) is 0 Å². The van der Waals surface area contributed by atoms with Gasteiger partial charge in [-0.05, 0) is 23.8 Å². The predicted molar refractivity (Wildman–Crippen MR) is 121 cm³/mol. The van der Waals surface area contributed by atoms with Gasteiger partial charge in [0.25, 0.3) is 5.91 Å². The second-order valence-electron chi connectivity index (χ2n) is 7.17. The van der Waals surface area contributed by atoms with E-state index in [0.29, 0.717) is 0 Å². The van der Waals surface area contributed by atoms with Crippen LogP contribution >= 0.6 is 27.5 Å². The highest BCUT2D eigenvalue weighted by atomic mass is 79.9. The molecule has 5 rings (SSSR count). The number of rotatable bonds is 4. The Balaban J connectivity index is 1.44. The maximum absolute atomic E-state index is 13.2. The summed E-state index contributed by atoms with van der Waals surface area (Å²) < 4.78 is 2.57. The number of β-lactam (4-membered cyclic amide) rings is 1. The molecule has 30 heavy (non-hydrogen) atoms. The Morgan fingerprint density at radius 2 is 1.50 bits per heavy atom. The van der Waals surface area contributed by atoms with Crippen LogP contribution in [0.25, 0.3) is 21.8 Å². The molecule has 1 amide bonds. The number of carbonyl (C=O) groups is 2. The topological polar surface area (TPSA) is 54.3 Å². The second kappa shape index (κ2) is 7.54. The molecule has 0 saturated carbocycles. The molecule has 1 N–H and O–H groups in total. The van der Waals surface area contributed by atoms with Crippen LogP contribution in [-0.2, 0) is 4.79 Å². The fraction of sp³-hybridized carbons (Fsp3) is 0.130. The van der Waals surface area contributed by atoms with Gasteiger partial charge in [-0.25, -0.2) is 5.43 Å². The van der Waals surface area contributed by atoms with Gasteiger partial charge in [0.2, 0.25) is 5.91 Å². The van der Waals surface area contributed by atoms with Gasteiger partial charge in [-0.3, -0.25) is 19.2 Å². The molecule has 0 spiro atoms. The number of alkyl halides is 1. The highest BCUT2D eigenvalue weighted by Gasteiger charge is 2.48. The van der Waals surface area contributed by atoms with Crippen LogP contribution in [0.4, 0.5) is 0 Å².